The summed E-state index contributed by atoms with van der Waals surface area (Å²) >= 11 is 7.53. The number of amides is 1. The number of anilines is 1. The number of hydrogen-bond acceptors (Lipinski definition) is 5. The van der Waals surface area contributed by atoms with Crippen LogP contribution in [0.4, 0.5) is 10.1 Å². The summed E-state index contributed by atoms with van der Waals surface area (Å²) < 4.78 is 15.4. The van der Waals surface area contributed by atoms with E-state index in [0.717, 1.165) is 16.7 Å². The first-order valence-corrected chi connectivity index (χ1v) is 11.5. The molecule has 6 nitrogen and oxygen atoms in total. The van der Waals surface area contributed by atoms with Crippen LogP contribution in [-0.2, 0) is 4.79 Å². The Balaban J connectivity index is 1.50. The Kier molecular flexibility index (Phi) is 5.78. The SMILES string of the molecule is Cc1ccc(NC(=O)C2Sc3nnc(-c4ccccc4)n3NC2c2ccc(F)cc2)cc1Cl. The topological polar surface area (TPSA) is 71.8 Å². The van der Waals surface area contributed by atoms with E-state index in [1.807, 2.05) is 49.4 Å². The Bertz CT molecular complexity index is 1310. The molecule has 1 aromatic heterocycles. The fourth-order valence-electron chi connectivity index (χ4n) is 3.63. The van der Waals surface area contributed by atoms with Crippen LogP contribution in [-0.4, -0.2) is 26.0 Å². The molecule has 0 spiro atoms. The van der Waals surface area contributed by atoms with Crippen LogP contribution in [0.5, 0.6) is 0 Å². The van der Waals surface area contributed by atoms with Crippen molar-refractivity contribution in [2.24, 2.45) is 0 Å². The predicted molar refractivity (Wildman–Crippen MR) is 128 cm³/mol. The fourth-order valence-corrected chi connectivity index (χ4v) is 4.89. The Morgan fingerprint density at radius 2 is 1.85 bits per heavy atom. The third-order valence-corrected chi connectivity index (χ3v) is 7.02. The van der Waals surface area contributed by atoms with E-state index >= 15 is 0 Å². The van der Waals surface area contributed by atoms with Gasteiger partial charge in [-0.15, -0.1) is 10.2 Å². The number of aromatic nitrogens is 3. The predicted octanol–water partition coefficient (Wildman–Crippen LogP) is 5.44. The number of halogens is 2. The normalized spacial score (nSPS) is 17.2. The zero-order valence-corrected chi connectivity index (χ0v) is 19.1. The molecule has 2 heterocycles. The van der Waals surface area contributed by atoms with Gasteiger partial charge in [-0.3, -0.25) is 4.79 Å². The quantitative estimate of drug-likeness (QED) is 0.407. The van der Waals surface area contributed by atoms with Crippen LogP contribution in [0.3, 0.4) is 0 Å². The van der Waals surface area contributed by atoms with Crippen LogP contribution in [0, 0.1) is 12.7 Å². The van der Waals surface area contributed by atoms with Gasteiger partial charge in [-0.25, -0.2) is 9.07 Å². The standard InChI is InChI=1S/C24H19ClFN5OS/c1-14-7-12-18(13-19(14)25)27-23(32)21-20(15-8-10-17(26)11-9-15)30-31-22(28-29-24(31)33-21)16-5-3-2-4-6-16/h2-13,20-21,30H,1H3,(H,27,32). The summed E-state index contributed by atoms with van der Waals surface area (Å²) in [4.78, 5) is 13.4. The summed E-state index contributed by atoms with van der Waals surface area (Å²) in [7, 11) is 0. The molecule has 3 aromatic carbocycles. The van der Waals surface area contributed by atoms with Crippen molar-refractivity contribution in [1.29, 1.82) is 0 Å². The van der Waals surface area contributed by atoms with Crippen molar-refractivity contribution < 1.29 is 9.18 Å². The summed E-state index contributed by atoms with van der Waals surface area (Å²) in [6.07, 6.45) is 0. The van der Waals surface area contributed by atoms with E-state index in [9.17, 15) is 9.18 Å². The second-order valence-corrected chi connectivity index (χ2v) is 9.17. The summed E-state index contributed by atoms with van der Waals surface area (Å²) in [5, 5.41) is 12.1. The molecule has 9 heteroatoms. The molecular formula is C24H19ClFN5OS. The molecule has 1 aliphatic heterocycles. The van der Waals surface area contributed by atoms with E-state index in [-0.39, 0.29) is 11.7 Å². The van der Waals surface area contributed by atoms with Gasteiger partial charge in [0.15, 0.2) is 5.82 Å². The number of carbonyl (C=O) groups excluding carboxylic acids is 1. The van der Waals surface area contributed by atoms with Crippen molar-refractivity contribution in [3.05, 3.63) is 94.8 Å². The second-order valence-electron chi connectivity index (χ2n) is 7.66. The average molecular weight is 480 g/mol. The van der Waals surface area contributed by atoms with Gasteiger partial charge in [0, 0.05) is 16.3 Å². The number of aryl methyl sites for hydroxylation is 1. The second kappa shape index (κ2) is 8.88. The molecular weight excluding hydrogens is 461 g/mol. The Hall–Kier alpha value is -3.36. The molecule has 5 rings (SSSR count). The van der Waals surface area contributed by atoms with Gasteiger partial charge in [0.25, 0.3) is 0 Å². The molecule has 2 atom stereocenters. The van der Waals surface area contributed by atoms with E-state index in [4.69, 9.17) is 11.6 Å². The minimum atomic E-state index is -0.587. The molecule has 0 aliphatic carbocycles. The largest absolute Gasteiger partial charge is 0.325 e. The van der Waals surface area contributed by atoms with Crippen LogP contribution >= 0.6 is 23.4 Å². The van der Waals surface area contributed by atoms with Crippen LogP contribution < -0.4 is 10.7 Å². The summed E-state index contributed by atoms with van der Waals surface area (Å²) in [5.41, 5.74) is 6.56. The zero-order chi connectivity index (χ0) is 22.9. The van der Waals surface area contributed by atoms with Gasteiger partial charge in [0.2, 0.25) is 11.1 Å². The molecule has 0 saturated carbocycles. The molecule has 0 saturated heterocycles. The van der Waals surface area contributed by atoms with Gasteiger partial charge in [-0.05, 0) is 42.3 Å². The van der Waals surface area contributed by atoms with Crippen molar-refractivity contribution in [3.63, 3.8) is 0 Å². The highest BCUT2D eigenvalue weighted by molar-refractivity contribution is 8.00. The third kappa shape index (κ3) is 4.31. The first kappa shape index (κ1) is 21.5. The number of nitrogens with one attached hydrogen (secondary N) is 2. The number of carbonyl (C=O) groups is 1. The lowest BCUT2D eigenvalue weighted by Crippen LogP contribution is -2.41. The molecule has 2 unspecified atom stereocenters. The molecule has 0 bridgehead atoms. The minimum absolute atomic E-state index is 0.225. The average Bonchev–Trinajstić information content (AvgIpc) is 3.25. The highest BCUT2D eigenvalue weighted by atomic mass is 35.5. The number of hydrogen-bond donors (Lipinski definition) is 2. The molecule has 0 fully saturated rings. The Morgan fingerprint density at radius 3 is 2.58 bits per heavy atom. The number of thioether (sulfide) groups is 1. The van der Waals surface area contributed by atoms with Gasteiger partial charge in [0.05, 0.1) is 6.04 Å². The van der Waals surface area contributed by atoms with Crippen LogP contribution in [0.2, 0.25) is 5.02 Å². The van der Waals surface area contributed by atoms with E-state index in [0.29, 0.717) is 21.7 Å². The van der Waals surface area contributed by atoms with Gasteiger partial charge in [-0.1, -0.05) is 71.9 Å². The lowest BCUT2D eigenvalue weighted by atomic mass is 10.0. The Morgan fingerprint density at radius 1 is 1.09 bits per heavy atom. The van der Waals surface area contributed by atoms with Gasteiger partial charge in [0.1, 0.15) is 11.1 Å². The monoisotopic (exact) mass is 479 g/mol. The number of rotatable bonds is 4. The number of fused-ring (bicyclic) bond motifs is 1. The maximum atomic E-state index is 13.6. The van der Waals surface area contributed by atoms with Gasteiger partial charge in [-0.2, -0.15) is 0 Å². The van der Waals surface area contributed by atoms with Gasteiger partial charge >= 0.3 is 0 Å². The van der Waals surface area contributed by atoms with Crippen molar-refractivity contribution in [2.45, 2.75) is 23.4 Å². The van der Waals surface area contributed by atoms with E-state index in [1.54, 1.807) is 22.9 Å². The number of nitrogens with zero attached hydrogens (tertiary/aromatic N) is 3. The highest BCUT2D eigenvalue weighted by Crippen LogP contribution is 2.39. The summed E-state index contributed by atoms with van der Waals surface area (Å²) in [5.74, 6) is 0.0686. The first-order chi connectivity index (χ1) is 16.0. The molecule has 0 radical (unpaired) electrons. The van der Waals surface area contributed by atoms with E-state index in [1.165, 1.54) is 23.9 Å². The number of benzene rings is 3. The lowest BCUT2D eigenvalue weighted by molar-refractivity contribution is -0.116. The maximum absolute atomic E-state index is 13.6. The van der Waals surface area contributed by atoms with Crippen LogP contribution in [0.25, 0.3) is 11.4 Å². The molecule has 33 heavy (non-hydrogen) atoms. The smallest absolute Gasteiger partial charge is 0.240 e. The summed E-state index contributed by atoms with van der Waals surface area (Å²) in [6, 6.07) is 20.7. The fraction of sp³-hybridized carbons (Fsp3) is 0.125. The summed E-state index contributed by atoms with van der Waals surface area (Å²) in [6.45, 7) is 1.90. The Labute approximate surface area is 199 Å². The molecule has 4 aromatic rings. The van der Waals surface area contributed by atoms with E-state index < -0.39 is 11.3 Å². The third-order valence-electron chi connectivity index (χ3n) is 5.40. The van der Waals surface area contributed by atoms with Crippen LogP contribution in [0.1, 0.15) is 17.2 Å². The first-order valence-electron chi connectivity index (χ1n) is 10.3. The highest BCUT2D eigenvalue weighted by Gasteiger charge is 2.38. The lowest BCUT2D eigenvalue weighted by Gasteiger charge is -2.33. The van der Waals surface area contributed by atoms with Crippen molar-refractivity contribution in [3.8, 4) is 11.4 Å². The van der Waals surface area contributed by atoms with Gasteiger partial charge < -0.3 is 10.7 Å². The van der Waals surface area contributed by atoms with E-state index in [2.05, 4.69) is 20.9 Å². The molecule has 166 valence electrons. The van der Waals surface area contributed by atoms with Crippen molar-refractivity contribution in [2.75, 3.05) is 10.7 Å². The minimum Gasteiger partial charge on any atom is -0.325 e. The van der Waals surface area contributed by atoms with Crippen molar-refractivity contribution >= 4 is 35.0 Å². The van der Waals surface area contributed by atoms with Crippen molar-refractivity contribution in [1.82, 2.24) is 14.9 Å². The molecule has 2 N–H and O–H groups in total. The maximum Gasteiger partial charge on any atom is 0.240 e. The molecule has 1 amide bonds. The molecule has 1 aliphatic rings. The zero-order valence-electron chi connectivity index (χ0n) is 17.5. The van der Waals surface area contributed by atoms with Crippen LogP contribution in [0.15, 0.2) is 78.0 Å².